The predicted octanol–water partition coefficient (Wildman–Crippen LogP) is 3.73. The van der Waals surface area contributed by atoms with Crippen LogP contribution < -0.4 is 0 Å². The molecule has 5 heteroatoms. The number of hydrogen-bond donors (Lipinski definition) is 1. The average Bonchev–Trinajstić information content (AvgIpc) is 2.96. The summed E-state index contributed by atoms with van der Waals surface area (Å²) in [5.74, 6) is -0.912. The van der Waals surface area contributed by atoms with Gasteiger partial charge in [-0.2, -0.15) is 0 Å². The number of unbranched alkanes of at least 4 members (excludes halogenated alkanes) is 4. The fraction of sp³-hybridized carbons (Fsp3) is 0.524. The molecule has 0 bridgehead atoms. The number of aryl methyl sites for hydroxylation is 1. The van der Waals surface area contributed by atoms with Gasteiger partial charge in [0, 0.05) is 12.0 Å². The van der Waals surface area contributed by atoms with E-state index in [-0.39, 0.29) is 19.6 Å². The molecular formula is C21H28O5. The number of rotatable bonds is 9. The highest BCUT2D eigenvalue weighted by Crippen LogP contribution is 2.32. The zero-order chi connectivity index (χ0) is 19.0. The van der Waals surface area contributed by atoms with Gasteiger partial charge in [-0.1, -0.05) is 50.5 Å². The first-order valence-corrected chi connectivity index (χ1v) is 9.27. The van der Waals surface area contributed by atoms with Crippen molar-refractivity contribution in [3.8, 4) is 0 Å². The van der Waals surface area contributed by atoms with Crippen LogP contribution in [-0.2, 0) is 14.3 Å². The Hall–Kier alpha value is -2.14. The van der Waals surface area contributed by atoms with Crippen LogP contribution in [0.4, 0.5) is 0 Å². The third kappa shape index (κ3) is 5.18. The Bertz CT molecular complexity index is 664. The van der Waals surface area contributed by atoms with Crippen molar-refractivity contribution in [2.24, 2.45) is 0 Å². The smallest absolute Gasteiger partial charge is 0.338 e. The topological polar surface area (TPSA) is 72.8 Å². The highest BCUT2D eigenvalue weighted by Gasteiger charge is 2.44. The molecule has 2 rings (SSSR count). The molecule has 1 aliphatic rings. The second-order valence-electron chi connectivity index (χ2n) is 6.88. The van der Waals surface area contributed by atoms with E-state index in [1.165, 1.54) is 12.8 Å². The zero-order valence-corrected chi connectivity index (χ0v) is 15.6. The van der Waals surface area contributed by atoms with Crippen LogP contribution in [-0.4, -0.2) is 35.9 Å². The molecule has 0 radical (unpaired) electrons. The second-order valence-corrected chi connectivity index (χ2v) is 6.88. The lowest BCUT2D eigenvalue weighted by Gasteiger charge is -2.24. The van der Waals surface area contributed by atoms with Gasteiger partial charge in [0.2, 0.25) is 0 Å². The summed E-state index contributed by atoms with van der Waals surface area (Å²) in [4.78, 5) is 24.4. The zero-order valence-electron chi connectivity index (χ0n) is 15.6. The standard InChI is InChI=1S/C21H28O5/c1-3-4-5-6-7-11-17-13-21(14-22,26-19(17)23)15-25-20(24)18-12-9-8-10-16(18)2/h8-12,22H,3-7,13-15H2,1-2H3/b17-11-. The maximum absolute atomic E-state index is 12.3. The summed E-state index contributed by atoms with van der Waals surface area (Å²) >= 11 is 0. The number of carbonyl (C=O) groups excluding carboxylic acids is 2. The molecule has 1 N–H and O–H groups in total. The van der Waals surface area contributed by atoms with Gasteiger partial charge in [0.05, 0.1) is 12.2 Å². The lowest BCUT2D eigenvalue weighted by molar-refractivity contribution is -0.154. The van der Waals surface area contributed by atoms with Gasteiger partial charge in [0.25, 0.3) is 0 Å². The molecular weight excluding hydrogens is 332 g/mol. The van der Waals surface area contributed by atoms with Crippen molar-refractivity contribution in [2.75, 3.05) is 13.2 Å². The molecule has 0 spiro atoms. The number of benzene rings is 1. The quantitative estimate of drug-likeness (QED) is 0.413. The van der Waals surface area contributed by atoms with Crippen LogP contribution in [0.1, 0.15) is 61.4 Å². The molecule has 0 saturated carbocycles. The summed E-state index contributed by atoms with van der Waals surface area (Å²) in [6.45, 7) is 3.44. The Labute approximate surface area is 155 Å². The summed E-state index contributed by atoms with van der Waals surface area (Å²) in [5, 5.41) is 9.74. The van der Waals surface area contributed by atoms with E-state index >= 15 is 0 Å². The van der Waals surface area contributed by atoms with Gasteiger partial charge in [0.1, 0.15) is 6.61 Å². The molecule has 0 aliphatic carbocycles. The highest BCUT2D eigenvalue weighted by molar-refractivity contribution is 5.92. The number of hydrogen-bond acceptors (Lipinski definition) is 5. The molecule has 0 aromatic heterocycles. The fourth-order valence-electron chi connectivity index (χ4n) is 3.01. The van der Waals surface area contributed by atoms with E-state index in [4.69, 9.17) is 9.47 Å². The first-order chi connectivity index (χ1) is 12.5. The molecule has 1 aromatic rings. The summed E-state index contributed by atoms with van der Waals surface area (Å²) in [7, 11) is 0. The lowest BCUT2D eigenvalue weighted by Crippen LogP contribution is -2.39. The van der Waals surface area contributed by atoms with Crippen LogP contribution in [0.3, 0.4) is 0 Å². The van der Waals surface area contributed by atoms with E-state index in [9.17, 15) is 14.7 Å². The number of cyclic esters (lactones) is 1. The number of ether oxygens (including phenoxy) is 2. The van der Waals surface area contributed by atoms with E-state index < -0.39 is 17.5 Å². The second kappa shape index (κ2) is 9.53. The monoisotopic (exact) mass is 360 g/mol. The maximum atomic E-state index is 12.3. The fourth-order valence-corrected chi connectivity index (χ4v) is 3.01. The van der Waals surface area contributed by atoms with Gasteiger partial charge in [-0.25, -0.2) is 9.59 Å². The van der Waals surface area contributed by atoms with Crippen molar-refractivity contribution < 1.29 is 24.2 Å². The average molecular weight is 360 g/mol. The van der Waals surface area contributed by atoms with E-state index in [0.717, 1.165) is 24.8 Å². The number of allylic oxidation sites excluding steroid dienone is 1. The van der Waals surface area contributed by atoms with Gasteiger partial charge in [0.15, 0.2) is 5.60 Å². The third-order valence-electron chi connectivity index (χ3n) is 4.65. The van der Waals surface area contributed by atoms with Crippen LogP contribution in [0.2, 0.25) is 0 Å². The van der Waals surface area contributed by atoms with E-state index in [1.54, 1.807) is 12.1 Å². The number of aliphatic hydroxyl groups is 1. The normalized spacial score (nSPS) is 21.0. The minimum atomic E-state index is -1.18. The molecule has 26 heavy (non-hydrogen) atoms. The highest BCUT2D eigenvalue weighted by atomic mass is 16.6. The Morgan fingerprint density at radius 3 is 2.77 bits per heavy atom. The number of carbonyl (C=O) groups is 2. The van der Waals surface area contributed by atoms with Gasteiger partial charge < -0.3 is 14.6 Å². The Morgan fingerprint density at radius 2 is 2.08 bits per heavy atom. The van der Waals surface area contributed by atoms with Gasteiger partial charge in [-0.15, -0.1) is 0 Å². The first-order valence-electron chi connectivity index (χ1n) is 9.27. The maximum Gasteiger partial charge on any atom is 0.338 e. The van der Waals surface area contributed by atoms with Crippen molar-refractivity contribution in [3.05, 3.63) is 47.0 Å². The summed E-state index contributed by atoms with van der Waals surface area (Å²) in [5.41, 5.74) is 0.663. The molecule has 142 valence electrons. The molecule has 1 fully saturated rings. The van der Waals surface area contributed by atoms with Gasteiger partial charge in [-0.3, -0.25) is 0 Å². The number of aliphatic hydroxyl groups excluding tert-OH is 1. The van der Waals surface area contributed by atoms with E-state index in [0.29, 0.717) is 11.1 Å². The van der Waals surface area contributed by atoms with Crippen molar-refractivity contribution in [1.29, 1.82) is 0 Å². The number of esters is 2. The van der Waals surface area contributed by atoms with Crippen LogP contribution in [0.5, 0.6) is 0 Å². The molecule has 1 unspecified atom stereocenters. The molecule has 5 nitrogen and oxygen atoms in total. The van der Waals surface area contributed by atoms with Crippen LogP contribution in [0, 0.1) is 6.92 Å². The Balaban J connectivity index is 1.94. The SMILES string of the molecule is CCCCCC/C=C1/CC(CO)(COC(=O)c2ccccc2C)OC1=O. The van der Waals surface area contributed by atoms with Crippen molar-refractivity contribution in [3.63, 3.8) is 0 Å². The molecule has 1 saturated heterocycles. The van der Waals surface area contributed by atoms with Crippen LogP contribution in [0.15, 0.2) is 35.9 Å². The molecule has 0 amide bonds. The molecule has 1 atom stereocenters. The predicted molar refractivity (Wildman–Crippen MR) is 98.8 cm³/mol. The lowest BCUT2D eigenvalue weighted by atomic mass is 9.98. The molecule has 1 aromatic carbocycles. The van der Waals surface area contributed by atoms with Crippen LogP contribution in [0.25, 0.3) is 0 Å². The third-order valence-corrected chi connectivity index (χ3v) is 4.65. The first kappa shape index (κ1) is 20.2. The Morgan fingerprint density at radius 1 is 1.31 bits per heavy atom. The van der Waals surface area contributed by atoms with E-state index in [2.05, 4.69) is 6.92 Å². The van der Waals surface area contributed by atoms with Crippen molar-refractivity contribution in [2.45, 2.75) is 58.0 Å². The Kier molecular flexibility index (Phi) is 7.39. The van der Waals surface area contributed by atoms with Crippen molar-refractivity contribution in [1.82, 2.24) is 0 Å². The molecule has 1 heterocycles. The van der Waals surface area contributed by atoms with Crippen molar-refractivity contribution >= 4 is 11.9 Å². The van der Waals surface area contributed by atoms with E-state index in [1.807, 2.05) is 25.1 Å². The van der Waals surface area contributed by atoms with Gasteiger partial charge >= 0.3 is 11.9 Å². The van der Waals surface area contributed by atoms with Crippen LogP contribution >= 0.6 is 0 Å². The van der Waals surface area contributed by atoms with Gasteiger partial charge in [-0.05, 0) is 31.4 Å². The summed E-state index contributed by atoms with van der Waals surface area (Å²) < 4.78 is 10.7. The summed E-state index contributed by atoms with van der Waals surface area (Å²) in [6, 6.07) is 7.12. The minimum Gasteiger partial charge on any atom is -0.458 e. The largest absolute Gasteiger partial charge is 0.458 e. The molecule has 1 aliphatic heterocycles. The minimum absolute atomic E-state index is 0.157. The summed E-state index contributed by atoms with van der Waals surface area (Å²) in [6.07, 6.45) is 7.47.